The van der Waals surface area contributed by atoms with Gasteiger partial charge in [0.15, 0.2) is 0 Å². The molecule has 0 saturated heterocycles. The van der Waals surface area contributed by atoms with Gasteiger partial charge in [-0.15, -0.1) is 0 Å². The molecule has 0 aromatic carbocycles. The van der Waals surface area contributed by atoms with Crippen LogP contribution in [0.25, 0.3) is 0 Å². The fraction of sp³-hybridized carbons (Fsp3) is 0.538. The van der Waals surface area contributed by atoms with Gasteiger partial charge in [0.1, 0.15) is 0 Å². The Kier molecular flexibility index (Phi) is 5.42. The van der Waals surface area contributed by atoms with Gasteiger partial charge in [-0.2, -0.15) is 0 Å². The van der Waals surface area contributed by atoms with Crippen LogP contribution in [0.1, 0.15) is 43.2 Å². The molecule has 0 bridgehead atoms. The monoisotopic (exact) mass is 254 g/mol. The molecule has 1 aromatic heterocycles. The van der Waals surface area contributed by atoms with E-state index in [0.29, 0.717) is 5.92 Å². The van der Waals surface area contributed by atoms with Gasteiger partial charge in [-0.05, 0) is 30.9 Å². The molecular weight excluding hydrogens is 236 g/mol. The number of aliphatic carboxylic acids is 1. The molecule has 1 unspecified atom stereocenters. The van der Waals surface area contributed by atoms with E-state index in [4.69, 9.17) is 10.2 Å². The molecule has 1 atom stereocenters. The molecular formula is C13H18O5. The van der Waals surface area contributed by atoms with Gasteiger partial charge >= 0.3 is 11.9 Å². The molecule has 0 radical (unpaired) electrons. The summed E-state index contributed by atoms with van der Waals surface area (Å²) in [6.07, 6.45) is 6.01. The van der Waals surface area contributed by atoms with Crippen LogP contribution in [0, 0.1) is 11.8 Å². The van der Waals surface area contributed by atoms with E-state index in [1.54, 1.807) is 0 Å². The van der Waals surface area contributed by atoms with Crippen LogP contribution in [0.2, 0.25) is 0 Å². The van der Waals surface area contributed by atoms with Crippen molar-refractivity contribution < 1.29 is 24.2 Å². The zero-order valence-corrected chi connectivity index (χ0v) is 10.3. The summed E-state index contributed by atoms with van der Waals surface area (Å²) >= 11 is 0. The Labute approximate surface area is 105 Å². The van der Waals surface area contributed by atoms with Gasteiger partial charge in [-0.25, -0.2) is 4.79 Å². The third-order valence-corrected chi connectivity index (χ3v) is 3.23. The summed E-state index contributed by atoms with van der Waals surface area (Å²) < 4.78 is 4.50. The van der Waals surface area contributed by atoms with Crippen LogP contribution < -0.4 is 0 Å². The maximum Gasteiger partial charge on any atom is 0.371 e. The van der Waals surface area contributed by atoms with Crippen LogP contribution >= 0.6 is 0 Å². The van der Waals surface area contributed by atoms with Crippen molar-refractivity contribution >= 4 is 11.9 Å². The lowest BCUT2D eigenvalue weighted by molar-refractivity contribution is -0.142. The van der Waals surface area contributed by atoms with E-state index in [-0.39, 0.29) is 11.7 Å². The topological polar surface area (TPSA) is 87.7 Å². The summed E-state index contributed by atoms with van der Waals surface area (Å²) in [6, 6.07) is 2.92. The van der Waals surface area contributed by atoms with Gasteiger partial charge in [0, 0.05) is 0 Å². The molecule has 2 rings (SSSR count). The summed E-state index contributed by atoms with van der Waals surface area (Å²) in [7, 11) is 0. The highest BCUT2D eigenvalue weighted by Crippen LogP contribution is 2.30. The normalized spacial score (nSPS) is 16.7. The Morgan fingerprint density at radius 3 is 2.28 bits per heavy atom. The smallest absolute Gasteiger partial charge is 0.371 e. The van der Waals surface area contributed by atoms with Crippen molar-refractivity contribution in [3.05, 3.63) is 24.2 Å². The number of carboxylic acid groups (broad SMARTS) is 2. The van der Waals surface area contributed by atoms with Crippen molar-refractivity contribution in [2.24, 2.45) is 11.8 Å². The molecule has 0 aliphatic heterocycles. The highest BCUT2D eigenvalue weighted by atomic mass is 16.4. The lowest BCUT2D eigenvalue weighted by Gasteiger charge is -2.12. The first-order valence-corrected chi connectivity index (χ1v) is 6.02. The van der Waals surface area contributed by atoms with Gasteiger partial charge in [0.25, 0.3) is 0 Å². The zero-order valence-electron chi connectivity index (χ0n) is 10.3. The molecule has 1 saturated carbocycles. The lowest BCUT2D eigenvalue weighted by Crippen LogP contribution is -2.17. The van der Waals surface area contributed by atoms with Crippen LogP contribution in [-0.2, 0) is 4.79 Å². The molecule has 1 fully saturated rings. The lowest BCUT2D eigenvalue weighted by atomic mass is 9.93. The minimum absolute atomic E-state index is 0.0231. The number of rotatable bonds is 3. The first-order valence-electron chi connectivity index (χ1n) is 6.02. The number of carbonyl (C=O) groups is 2. The molecule has 2 N–H and O–H groups in total. The summed E-state index contributed by atoms with van der Waals surface area (Å²) in [5.74, 6) is -1.35. The molecule has 1 heterocycles. The molecule has 5 nitrogen and oxygen atoms in total. The number of aromatic carboxylic acids is 1. The summed E-state index contributed by atoms with van der Waals surface area (Å²) in [5.41, 5.74) is 0. The molecule has 100 valence electrons. The van der Waals surface area contributed by atoms with Crippen molar-refractivity contribution in [1.29, 1.82) is 0 Å². The molecule has 18 heavy (non-hydrogen) atoms. The van der Waals surface area contributed by atoms with Crippen molar-refractivity contribution in [1.82, 2.24) is 0 Å². The van der Waals surface area contributed by atoms with Gasteiger partial charge in [0.05, 0.1) is 12.2 Å². The predicted octanol–water partition coefficient (Wildman–Crippen LogP) is 2.88. The number of hydrogen-bond acceptors (Lipinski definition) is 3. The predicted molar refractivity (Wildman–Crippen MR) is 64.4 cm³/mol. The van der Waals surface area contributed by atoms with Crippen LogP contribution in [0.15, 0.2) is 22.8 Å². The minimum atomic E-state index is -1.03. The van der Waals surface area contributed by atoms with Crippen molar-refractivity contribution in [2.75, 3.05) is 0 Å². The second kappa shape index (κ2) is 6.83. The Morgan fingerprint density at radius 1 is 1.33 bits per heavy atom. The van der Waals surface area contributed by atoms with Gasteiger partial charge in [-0.3, -0.25) is 4.79 Å². The van der Waals surface area contributed by atoms with E-state index < -0.39 is 11.9 Å². The van der Waals surface area contributed by atoms with Crippen molar-refractivity contribution in [3.63, 3.8) is 0 Å². The SMILES string of the molecule is CC(C(=O)O)C1CCCC1.O=C(O)c1ccco1. The third-order valence-electron chi connectivity index (χ3n) is 3.23. The fourth-order valence-corrected chi connectivity index (χ4v) is 2.06. The van der Waals surface area contributed by atoms with Crippen molar-refractivity contribution in [3.8, 4) is 0 Å². The largest absolute Gasteiger partial charge is 0.481 e. The van der Waals surface area contributed by atoms with E-state index >= 15 is 0 Å². The molecule has 0 amide bonds. The first kappa shape index (κ1) is 14.3. The Balaban J connectivity index is 0.000000184. The second-order valence-corrected chi connectivity index (χ2v) is 4.45. The van der Waals surface area contributed by atoms with Gasteiger partial charge < -0.3 is 14.6 Å². The summed E-state index contributed by atoms with van der Waals surface area (Å²) in [6.45, 7) is 1.82. The maximum atomic E-state index is 10.5. The highest BCUT2D eigenvalue weighted by molar-refractivity contribution is 5.84. The average Bonchev–Trinajstić information content (AvgIpc) is 3.02. The number of furan rings is 1. The van der Waals surface area contributed by atoms with E-state index in [1.165, 1.54) is 31.2 Å². The number of carboxylic acids is 2. The van der Waals surface area contributed by atoms with Crippen LogP contribution in [0.5, 0.6) is 0 Å². The van der Waals surface area contributed by atoms with E-state index in [1.807, 2.05) is 6.92 Å². The second-order valence-electron chi connectivity index (χ2n) is 4.45. The first-order chi connectivity index (χ1) is 8.52. The molecule has 0 spiro atoms. The van der Waals surface area contributed by atoms with Crippen LogP contribution in [0.4, 0.5) is 0 Å². The van der Waals surface area contributed by atoms with Crippen LogP contribution in [0.3, 0.4) is 0 Å². The average molecular weight is 254 g/mol. The Hall–Kier alpha value is -1.78. The zero-order chi connectivity index (χ0) is 13.5. The van der Waals surface area contributed by atoms with E-state index in [0.717, 1.165) is 12.8 Å². The quantitative estimate of drug-likeness (QED) is 0.865. The standard InChI is InChI=1S/C8H14O2.C5H4O3/c1-6(8(9)10)7-4-2-3-5-7;6-5(7)4-2-1-3-8-4/h6-7H,2-5H2,1H3,(H,9,10);1-3H,(H,6,7). The minimum Gasteiger partial charge on any atom is -0.481 e. The molecule has 5 heteroatoms. The fourth-order valence-electron chi connectivity index (χ4n) is 2.06. The summed E-state index contributed by atoms with van der Waals surface area (Å²) in [4.78, 5) is 20.5. The third kappa shape index (κ3) is 4.24. The molecule has 1 aliphatic rings. The highest BCUT2D eigenvalue weighted by Gasteiger charge is 2.25. The van der Waals surface area contributed by atoms with Gasteiger partial charge in [0.2, 0.25) is 5.76 Å². The molecule has 1 aliphatic carbocycles. The van der Waals surface area contributed by atoms with E-state index in [9.17, 15) is 9.59 Å². The number of hydrogen-bond donors (Lipinski definition) is 2. The Morgan fingerprint density at radius 2 is 1.94 bits per heavy atom. The van der Waals surface area contributed by atoms with E-state index in [2.05, 4.69) is 4.42 Å². The molecule has 1 aromatic rings. The summed E-state index contributed by atoms with van der Waals surface area (Å²) in [5, 5.41) is 16.8. The Bertz CT molecular complexity index is 376. The maximum absolute atomic E-state index is 10.5. The van der Waals surface area contributed by atoms with Gasteiger partial charge in [-0.1, -0.05) is 19.8 Å². The van der Waals surface area contributed by atoms with Crippen LogP contribution in [-0.4, -0.2) is 22.2 Å². The van der Waals surface area contributed by atoms with Crippen molar-refractivity contribution in [2.45, 2.75) is 32.6 Å².